The van der Waals surface area contributed by atoms with Gasteiger partial charge in [0.1, 0.15) is 5.75 Å². The van der Waals surface area contributed by atoms with Gasteiger partial charge < -0.3 is 10.1 Å². The van der Waals surface area contributed by atoms with Crippen molar-refractivity contribution in [2.24, 2.45) is 0 Å². The van der Waals surface area contributed by atoms with Gasteiger partial charge in [-0.2, -0.15) is 0 Å². The molecule has 2 aromatic rings. The molecule has 0 heterocycles. The molecule has 24 heavy (non-hydrogen) atoms. The van der Waals surface area contributed by atoms with Crippen molar-refractivity contribution in [2.45, 2.75) is 45.1 Å². The van der Waals surface area contributed by atoms with Crippen LogP contribution in [-0.4, -0.2) is 12.5 Å². The Bertz CT molecular complexity index is 713. The smallest absolute Gasteiger partial charge is 0.258 e. The van der Waals surface area contributed by atoms with Crippen LogP contribution in [0.3, 0.4) is 0 Å². The van der Waals surface area contributed by atoms with Gasteiger partial charge in [-0.1, -0.05) is 57.2 Å². The lowest BCUT2D eigenvalue weighted by molar-refractivity contribution is -0.123. The number of hydrogen-bond donors (Lipinski definition) is 1. The number of carbonyl (C=O) groups is 1. The molecule has 0 aliphatic heterocycles. The zero-order valence-electron chi connectivity index (χ0n) is 14.6. The van der Waals surface area contributed by atoms with E-state index in [0.717, 1.165) is 18.6 Å². The molecule has 3 nitrogen and oxygen atoms in total. The van der Waals surface area contributed by atoms with Crippen LogP contribution in [-0.2, 0) is 16.6 Å². The van der Waals surface area contributed by atoms with Crippen LogP contribution < -0.4 is 10.1 Å². The van der Waals surface area contributed by atoms with Crippen molar-refractivity contribution in [3.8, 4) is 5.75 Å². The van der Waals surface area contributed by atoms with Crippen molar-refractivity contribution in [3.63, 3.8) is 0 Å². The number of amides is 1. The first-order valence-corrected chi connectivity index (χ1v) is 8.54. The minimum absolute atomic E-state index is 0.0491. The van der Waals surface area contributed by atoms with Gasteiger partial charge in [0.15, 0.2) is 6.61 Å². The van der Waals surface area contributed by atoms with Gasteiger partial charge in [-0.05, 0) is 47.1 Å². The van der Waals surface area contributed by atoms with Gasteiger partial charge in [-0.25, -0.2) is 0 Å². The van der Waals surface area contributed by atoms with Crippen LogP contribution >= 0.6 is 0 Å². The van der Waals surface area contributed by atoms with Crippen molar-refractivity contribution in [3.05, 3.63) is 65.2 Å². The van der Waals surface area contributed by atoms with Crippen LogP contribution in [0, 0.1) is 0 Å². The van der Waals surface area contributed by atoms with Crippen LogP contribution in [0.1, 0.15) is 49.9 Å². The highest BCUT2D eigenvalue weighted by Crippen LogP contribution is 2.30. The lowest BCUT2D eigenvalue weighted by atomic mass is 9.87. The topological polar surface area (TPSA) is 38.3 Å². The van der Waals surface area contributed by atoms with Crippen LogP contribution in [0.15, 0.2) is 48.5 Å². The van der Waals surface area contributed by atoms with Crippen molar-refractivity contribution >= 4 is 5.91 Å². The number of benzene rings is 2. The fourth-order valence-corrected chi connectivity index (χ4v) is 3.14. The minimum Gasteiger partial charge on any atom is -0.484 e. The van der Waals surface area contributed by atoms with Gasteiger partial charge in [0.2, 0.25) is 0 Å². The summed E-state index contributed by atoms with van der Waals surface area (Å²) in [6.45, 7) is 6.58. The Kier molecular flexibility index (Phi) is 4.61. The Morgan fingerprint density at radius 2 is 1.83 bits per heavy atom. The van der Waals surface area contributed by atoms with Gasteiger partial charge in [0, 0.05) is 0 Å². The molecule has 2 aromatic carbocycles. The maximum atomic E-state index is 12.2. The van der Waals surface area contributed by atoms with Gasteiger partial charge in [0.25, 0.3) is 5.91 Å². The van der Waals surface area contributed by atoms with E-state index in [0.29, 0.717) is 0 Å². The molecule has 1 atom stereocenters. The lowest BCUT2D eigenvalue weighted by Gasteiger charge is -2.19. The first kappa shape index (κ1) is 16.6. The summed E-state index contributed by atoms with van der Waals surface area (Å²) in [6.07, 6.45) is 1.99. The van der Waals surface area contributed by atoms with E-state index in [4.69, 9.17) is 4.74 Å². The van der Waals surface area contributed by atoms with E-state index in [1.54, 1.807) is 0 Å². The molecule has 1 amide bonds. The molecule has 0 radical (unpaired) electrons. The van der Waals surface area contributed by atoms with Crippen LogP contribution in [0.2, 0.25) is 0 Å². The number of ether oxygens (including phenoxy) is 1. The quantitative estimate of drug-likeness (QED) is 0.917. The van der Waals surface area contributed by atoms with E-state index in [-0.39, 0.29) is 24.0 Å². The predicted octanol–water partition coefficient (Wildman–Crippen LogP) is 4.17. The van der Waals surface area contributed by atoms with Crippen molar-refractivity contribution in [2.75, 3.05) is 6.61 Å². The number of carbonyl (C=O) groups excluding carboxylic acids is 1. The summed E-state index contributed by atoms with van der Waals surface area (Å²) in [5.74, 6) is 0.654. The predicted molar refractivity (Wildman–Crippen MR) is 96.3 cm³/mol. The Hall–Kier alpha value is -2.29. The highest BCUT2D eigenvalue weighted by molar-refractivity contribution is 5.78. The fourth-order valence-electron chi connectivity index (χ4n) is 3.14. The van der Waals surface area contributed by atoms with E-state index < -0.39 is 0 Å². The fraction of sp³-hybridized carbons (Fsp3) is 0.381. The van der Waals surface area contributed by atoms with Crippen molar-refractivity contribution in [1.29, 1.82) is 0 Å². The summed E-state index contributed by atoms with van der Waals surface area (Å²) in [7, 11) is 0. The number of nitrogens with one attached hydrogen (secondary N) is 1. The van der Waals surface area contributed by atoms with Gasteiger partial charge in [-0.3, -0.25) is 4.79 Å². The number of rotatable bonds is 4. The molecule has 1 aliphatic carbocycles. The van der Waals surface area contributed by atoms with Gasteiger partial charge in [0.05, 0.1) is 6.04 Å². The second-order valence-electron chi connectivity index (χ2n) is 7.42. The van der Waals surface area contributed by atoms with Crippen LogP contribution in [0.5, 0.6) is 5.75 Å². The average molecular weight is 323 g/mol. The maximum absolute atomic E-state index is 12.2. The van der Waals surface area contributed by atoms with Gasteiger partial charge in [-0.15, -0.1) is 0 Å². The minimum atomic E-state index is -0.0726. The number of aryl methyl sites for hydroxylation is 1. The lowest BCUT2D eigenvalue weighted by Crippen LogP contribution is -2.31. The Balaban J connectivity index is 1.53. The molecular weight excluding hydrogens is 298 g/mol. The Labute approximate surface area is 144 Å². The van der Waals surface area contributed by atoms with E-state index in [2.05, 4.69) is 50.4 Å². The van der Waals surface area contributed by atoms with E-state index in [1.807, 2.05) is 24.3 Å². The third-order valence-electron chi connectivity index (χ3n) is 4.56. The molecule has 3 heteroatoms. The molecule has 1 unspecified atom stereocenters. The zero-order chi connectivity index (χ0) is 17.2. The maximum Gasteiger partial charge on any atom is 0.258 e. The summed E-state index contributed by atoms with van der Waals surface area (Å²) < 4.78 is 5.62. The summed E-state index contributed by atoms with van der Waals surface area (Å²) in [4.78, 5) is 12.2. The normalized spacial score (nSPS) is 16.5. The number of fused-ring (bicyclic) bond motifs is 1. The van der Waals surface area contributed by atoms with E-state index in [9.17, 15) is 4.79 Å². The number of hydrogen-bond acceptors (Lipinski definition) is 2. The molecule has 0 fully saturated rings. The highest BCUT2D eigenvalue weighted by atomic mass is 16.5. The van der Waals surface area contributed by atoms with Crippen molar-refractivity contribution in [1.82, 2.24) is 5.32 Å². The summed E-state index contributed by atoms with van der Waals surface area (Å²) in [5, 5.41) is 3.08. The zero-order valence-corrected chi connectivity index (χ0v) is 14.6. The molecule has 0 saturated carbocycles. The molecule has 1 N–H and O–H groups in total. The molecule has 0 spiro atoms. The third-order valence-corrected chi connectivity index (χ3v) is 4.56. The van der Waals surface area contributed by atoms with Gasteiger partial charge >= 0.3 is 0 Å². The molecule has 0 bridgehead atoms. The second-order valence-corrected chi connectivity index (χ2v) is 7.42. The summed E-state index contributed by atoms with van der Waals surface area (Å²) >= 11 is 0. The first-order valence-electron chi connectivity index (χ1n) is 8.54. The monoisotopic (exact) mass is 323 g/mol. The molecule has 1 aliphatic rings. The standard InChI is InChI=1S/C21H25NO2/c1-21(2,3)16-9-11-17(12-10-16)24-14-20(23)22-19-13-8-15-6-4-5-7-18(15)19/h4-7,9-12,19H,8,13-14H2,1-3H3,(H,22,23). The Morgan fingerprint density at radius 3 is 2.54 bits per heavy atom. The summed E-state index contributed by atoms with van der Waals surface area (Å²) in [6, 6.07) is 16.4. The molecule has 0 aromatic heterocycles. The van der Waals surface area contributed by atoms with Crippen LogP contribution in [0.4, 0.5) is 0 Å². The molecule has 3 rings (SSSR count). The Morgan fingerprint density at radius 1 is 1.12 bits per heavy atom. The van der Waals surface area contributed by atoms with Crippen molar-refractivity contribution < 1.29 is 9.53 Å². The SMILES string of the molecule is CC(C)(C)c1ccc(OCC(=O)NC2CCc3ccccc32)cc1. The van der Waals surface area contributed by atoms with Crippen LogP contribution in [0.25, 0.3) is 0 Å². The molecule has 126 valence electrons. The largest absolute Gasteiger partial charge is 0.484 e. The third kappa shape index (κ3) is 3.78. The molecular formula is C21H25NO2. The summed E-state index contributed by atoms with van der Waals surface area (Å²) in [5.41, 5.74) is 3.94. The average Bonchev–Trinajstić information content (AvgIpc) is 2.96. The van der Waals surface area contributed by atoms with E-state index in [1.165, 1.54) is 16.7 Å². The molecule has 0 saturated heterocycles. The highest BCUT2D eigenvalue weighted by Gasteiger charge is 2.23. The second kappa shape index (κ2) is 6.68. The first-order chi connectivity index (χ1) is 11.4. The van der Waals surface area contributed by atoms with E-state index >= 15 is 0 Å².